The molecule has 1 aromatic rings. The van der Waals surface area contributed by atoms with Gasteiger partial charge in [0.15, 0.2) is 11.6 Å². The predicted octanol–water partition coefficient (Wildman–Crippen LogP) is 1.30. The number of rotatable bonds is 8. The molecule has 1 N–H and O–H groups in total. The summed E-state index contributed by atoms with van der Waals surface area (Å²) in [6.45, 7) is 5.02. The Labute approximate surface area is 115 Å². The van der Waals surface area contributed by atoms with Crippen LogP contribution in [0.4, 0.5) is 11.6 Å². The molecule has 0 saturated heterocycles. The van der Waals surface area contributed by atoms with E-state index in [9.17, 15) is 0 Å². The highest BCUT2D eigenvalue weighted by Crippen LogP contribution is 2.31. The van der Waals surface area contributed by atoms with Crippen LogP contribution >= 0.6 is 0 Å². The Morgan fingerprint density at radius 1 is 1.26 bits per heavy atom. The largest absolute Gasteiger partial charge is 0.490 e. The molecule has 1 heterocycles. The molecule has 0 fully saturated rings. The summed E-state index contributed by atoms with van der Waals surface area (Å²) >= 11 is 0. The van der Waals surface area contributed by atoms with E-state index in [1.54, 1.807) is 13.4 Å². The Kier molecular flexibility index (Phi) is 6.35. The first-order valence-electron chi connectivity index (χ1n) is 6.60. The van der Waals surface area contributed by atoms with E-state index in [2.05, 4.69) is 46.1 Å². The maximum Gasteiger partial charge on any atom is 0.204 e. The quantitative estimate of drug-likeness (QED) is 0.766. The fraction of sp³-hybridized carbons (Fsp3) is 0.692. The summed E-state index contributed by atoms with van der Waals surface area (Å²) in [7, 11) is 7.65. The molecular formula is C13H25N5O. The van der Waals surface area contributed by atoms with Crippen LogP contribution in [0, 0.1) is 0 Å². The van der Waals surface area contributed by atoms with Crippen LogP contribution in [0.15, 0.2) is 6.33 Å². The molecule has 0 radical (unpaired) electrons. The maximum atomic E-state index is 5.44. The summed E-state index contributed by atoms with van der Waals surface area (Å²) in [5.74, 6) is 2.28. The molecule has 1 aromatic heterocycles. The van der Waals surface area contributed by atoms with E-state index in [1.807, 2.05) is 7.05 Å². The van der Waals surface area contributed by atoms with Crippen molar-refractivity contribution in [2.75, 3.05) is 58.1 Å². The van der Waals surface area contributed by atoms with E-state index in [-0.39, 0.29) is 0 Å². The van der Waals surface area contributed by atoms with E-state index in [0.29, 0.717) is 5.75 Å². The molecule has 19 heavy (non-hydrogen) atoms. The fourth-order valence-corrected chi connectivity index (χ4v) is 1.95. The molecule has 0 spiro atoms. The van der Waals surface area contributed by atoms with Crippen LogP contribution in [-0.4, -0.2) is 62.8 Å². The van der Waals surface area contributed by atoms with Gasteiger partial charge in [-0.1, -0.05) is 0 Å². The molecule has 6 heteroatoms. The maximum absolute atomic E-state index is 5.44. The second-order valence-electron chi connectivity index (χ2n) is 4.57. The fourth-order valence-electron chi connectivity index (χ4n) is 1.95. The van der Waals surface area contributed by atoms with Gasteiger partial charge in [-0.25, -0.2) is 9.97 Å². The topological polar surface area (TPSA) is 53.5 Å². The lowest BCUT2D eigenvalue weighted by molar-refractivity contribution is 0.397. The third-order valence-electron chi connectivity index (χ3n) is 2.94. The molecule has 0 unspecified atom stereocenters. The monoisotopic (exact) mass is 267 g/mol. The first-order valence-corrected chi connectivity index (χ1v) is 6.60. The molecular weight excluding hydrogens is 242 g/mol. The van der Waals surface area contributed by atoms with Crippen LogP contribution in [0.5, 0.6) is 5.75 Å². The lowest BCUT2D eigenvalue weighted by Gasteiger charge is -2.25. The molecule has 108 valence electrons. The summed E-state index contributed by atoms with van der Waals surface area (Å²) in [6, 6.07) is 0. The predicted molar refractivity (Wildman–Crippen MR) is 79.2 cm³/mol. The summed E-state index contributed by atoms with van der Waals surface area (Å²) in [5, 5.41) is 3.03. The van der Waals surface area contributed by atoms with Gasteiger partial charge in [-0.05, 0) is 34.0 Å². The van der Waals surface area contributed by atoms with Crippen LogP contribution in [0.1, 0.15) is 13.3 Å². The summed E-state index contributed by atoms with van der Waals surface area (Å²) in [6.07, 6.45) is 2.65. The van der Waals surface area contributed by atoms with E-state index < -0.39 is 0 Å². The molecule has 0 atom stereocenters. The lowest BCUT2D eigenvalue weighted by Crippen LogP contribution is -2.28. The van der Waals surface area contributed by atoms with Gasteiger partial charge in [0.05, 0.1) is 7.11 Å². The zero-order valence-corrected chi connectivity index (χ0v) is 12.6. The van der Waals surface area contributed by atoms with E-state index in [0.717, 1.165) is 37.7 Å². The Morgan fingerprint density at radius 2 is 2.00 bits per heavy atom. The Balaban J connectivity index is 2.85. The molecule has 0 amide bonds. The number of methoxy groups -OCH3 is 1. The number of aromatic nitrogens is 2. The molecule has 0 aliphatic carbocycles. The number of hydrogen-bond acceptors (Lipinski definition) is 6. The minimum Gasteiger partial charge on any atom is -0.490 e. The molecule has 0 saturated carbocycles. The Bertz CT molecular complexity index is 383. The third-order valence-corrected chi connectivity index (χ3v) is 2.94. The van der Waals surface area contributed by atoms with Crippen molar-refractivity contribution in [3.63, 3.8) is 0 Å². The number of anilines is 2. The molecule has 0 aromatic carbocycles. The van der Waals surface area contributed by atoms with Gasteiger partial charge >= 0.3 is 0 Å². The van der Waals surface area contributed by atoms with Gasteiger partial charge in [-0.2, -0.15) is 0 Å². The zero-order valence-electron chi connectivity index (χ0n) is 12.6. The minimum atomic E-state index is 0.705. The van der Waals surface area contributed by atoms with Crippen molar-refractivity contribution in [1.82, 2.24) is 14.9 Å². The summed E-state index contributed by atoms with van der Waals surface area (Å²) in [5.41, 5.74) is 0. The number of nitrogens with zero attached hydrogens (tertiary/aromatic N) is 4. The van der Waals surface area contributed by atoms with Crippen molar-refractivity contribution in [2.45, 2.75) is 13.3 Å². The zero-order chi connectivity index (χ0) is 14.3. The first-order chi connectivity index (χ1) is 9.13. The highest BCUT2D eigenvalue weighted by atomic mass is 16.5. The van der Waals surface area contributed by atoms with E-state index in [4.69, 9.17) is 4.74 Å². The lowest BCUT2D eigenvalue weighted by atomic mass is 10.3. The first kappa shape index (κ1) is 15.5. The van der Waals surface area contributed by atoms with Crippen LogP contribution in [0.3, 0.4) is 0 Å². The van der Waals surface area contributed by atoms with Crippen LogP contribution in [0.25, 0.3) is 0 Å². The van der Waals surface area contributed by atoms with Gasteiger partial charge < -0.3 is 19.9 Å². The summed E-state index contributed by atoms with van der Waals surface area (Å²) < 4.78 is 5.44. The highest BCUT2D eigenvalue weighted by Gasteiger charge is 2.16. The average Bonchev–Trinajstić information content (AvgIpc) is 2.42. The van der Waals surface area contributed by atoms with Crippen molar-refractivity contribution in [3.05, 3.63) is 6.33 Å². The molecule has 1 rings (SSSR count). The van der Waals surface area contributed by atoms with Crippen molar-refractivity contribution in [3.8, 4) is 5.75 Å². The van der Waals surface area contributed by atoms with Crippen molar-refractivity contribution in [2.24, 2.45) is 0 Å². The van der Waals surface area contributed by atoms with E-state index >= 15 is 0 Å². The van der Waals surface area contributed by atoms with Gasteiger partial charge in [0, 0.05) is 20.1 Å². The Morgan fingerprint density at radius 3 is 2.53 bits per heavy atom. The number of nitrogens with one attached hydrogen (secondary N) is 1. The van der Waals surface area contributed by atoms with Gasteiger partial charge in [-0.15, -0.1) is 0 Å². The molecule has 0 aliphatic heterocycles. The third kappa shape index (κ3) is 4.24. The van der Waals surface area contributed by atoms with Crippen LogP contribution < -0.4 is 15.0 Å². The van der Waals surface area contributed by atoms with Gasteiger partial charge in [0.25, 0.3) is 0 Å². The normalized spacial score (nSPS) is 10.6. The van der Waals surface area contributed by atoms with Crippen molar-refractivity contribution >= 4 is 11.6 Å². The minimum absolute atomic E-state index is 0.705. The Hall–Kier alpha value is -1.56. The molecule has 6 nitrogen and oxygen atoms in total. The number of ether oxygens (including phenoxy) is 1. The van der Waals surface area contributed by atoms with Crippen molar-refractivity contribution < 1.29 is 4.74 Å². The van der Waals surface area contributed by atoms with Gasteiger partial charge in [0.1, 0.15) is 6.33 Å². The summed E-state index contributed by atoms with van der Waals surface area (Å²) in [4.78, 5) is 12.9. The van der Waals surface area contributed by atoms with Gasteiger partial charge in [-0.3, -0.25) is 0 Å². The number of hydrogen-bond donors (Lipinski definition) is 1. The standard InChI is InChI=1S/C13H25N5O/c1-6-18(9-7-8-17(3)4)13-11(19-5)12(14-2)15-10-16-13/h10H,6-9H2,1-5H3,(H,14,15,16). The van der Waals surface area contributed by atoms with Crippen LogP contribution in [0.2, 0.25) is 0 Å². The van der Waals surface area contributed by atoms with E-state index in [1.165, 1.54) is 0 Å². The molecule has 0 bridgehead atoms. The highest BCUT2D eigenvalue weighted by molar-refractivity contribution is 5.64. The average molecular weight is 267 g/mol. The van der Waals surface area contributed by atoms with Crippen LogP contribution in [-0.2, 0) is 0 Å². The molecule has 0 aliphatic rings. The SMILES string of the molecule is CCN(CCCN(C)C)c1ncnc(NC)c1OC. The smallest absolute Gasteiger partial charge is 0.204 e. The van der Waals surface area contributed by atoms with Gasteiger partial charge in [0.2, 0.25) is 5.75 Å². The second-order valence-corrected chi connectivity index (χ2v) is 4.57. The second kappa shape index (κ2) is 7.78. The van der Waals surface area contributed by atoms with Crippen molar-refractivity contribution in [1.29, 1.82) is 0 Å².